The molecule has 18 heavy (non-hydrogen) atoms. The van der Waals surface area contributed by atoms with Gasteiger partial charge in [-0.05, 0) is 34.2 Å². The normalized spacial score (nSPS) is 17.5. The molecule has 1 aliphatic carbocycles. The van der Waals surface area contributed by atoms with E-state index in [2.05, 4.69) is 28.2 Å². The summed E-state index contributed by atoms with van der Waals surface area (Å²) in [4.78, 5) is 11.5. The van der Waals surface area contributed by atoms with E-state index in [-0.39, 0.29) is 20.7 Å². The molecule has 0 atom stereocenters. The van der Waals surface area contributed by atoms with Crippen LogP contribution in [0.2, 0.25) is 0 Å². The highest BCUT2D eigenvalue weighted by molar-refractivity contribution is 9.10. The highest BCUT2D eigenvalue weighted by atomic mass is 79.9. The zero-order valence-corrected chi connectivity index (χ0v) is 12.1. The van der Waals surface area contributed by atoms with E-state index in [9.17, 15) is 13.2 Å². The van der Waals surface area contributed by atoms with Crippen LogP contribution in [0.15, 0.2) is 20.0 Å². The Hall–Kier alpha value is -0.860. The molecule has 1 amide bonds. The number of furan rings is 1. The van der Waals surface area contributed by atoms with Gasteiger partial charge in [0.15, 0.2) is 10.4 Å². The maximum Gasteiger partial charge on any atom is 0.287 e. The molecule has 1 heterocycles. The molecule has 2 rings (SSSR count). The van der Waals surface area contributed by atoms with Crippen LogP contribution in [0.5, 0.6) is 0 Å². The molecule has 3 N–H and O–H groups in total. The zero-order valence-electron chi connectivity index (χ0n) is 9.70. The minimum atomic E-state index is -3.90. The van der Waals surface area contributed by atoms with Crippen molar-refractivity contribution in [1.29, 1.82) is 0 Å². The van der Waals surface area contributed by atoms with Crippen molar-refractivity contribution in [3.8, 4) is 0 Å². The van der Waals surface area contributed by atoms with Gasteiger partial charge in [0.1, 0.15) is 4.90 Å². The SMILES string of the molecule is CC1(CNC(=O)c2cc(S(N)(=O)=O)c(Br)o2)CC1. The molecule has 1 aromatic heterocycles. The number of halogens is 1. The molecule has 100 valence electrons. The van der Waals surface area contributed by atoms with E-state index in [0.29, 0.717) is 6.54 Å². The summed E-state index contributed by atoms with van der Waals surface area (Å²) in [5, 5.41) is 7.68. The second-order valence-corrected chi connectivity index (χ2v) is 7.04. The first-order valence-electron chi connectivity index (χ1n) is 5.32. The topological polar surface area (TPSA) is 102 Å². The summed E-state index contributed by atoms with van der Waals surface area (Å²) in [5.74, 6) is -0.520. The van der Waals surface area contributed by atoms with E-state index in [1.165, 1.54) is 0 Å². The third-order valence-corrected chi connectivity index (χ3v) is 4.73. The second kappa shape index (κ2) is 4.36. The van der Waals surface area contributed by atoms with Crippen molar-refractivity contribution in [3.05, 3.63) is 16.5 Å². The molecule has 0 saturated heterocycles. The lowest BCUT2D eigenvalue weighted by atomic mass is 10.1. The average Bonchev–Trinajstić information content (AvgIpc) is 2.83. The van der Waals surface area contributed by atoms with Gasteiger partial charge in [-0.1, -0.05) is 6.92 Å². The molecule has 1 aliphatic rings. The third-order valence-electron chi connectivity index (χ3n) is 2.97. The molecule has 0 spiro atoms. The van der Waals surface area contributed by atoms with Crippen molar-refractivity contribution in [2.24, 2.45) is 10.6 Å². The van der Waals surface area contributed by atoms with E-state index >= 15 is 0 Å². The van der Waals surface area contributed by atoms with Crippen LogP contribution in [0.1, 0.15) is 30.3 Å². The largest absolute Gasteiger partial charge is 0.443 e. The third kappa shape index (κ3) is 2.93. The summed E-state index contributed by atoms with van der Waals surface area (Å²) >= 11 is 2.92. The first-order chi connectivity index (χ1) is 8.21. The predicted octanol–water partition coefficient (Wildman–Crippen LogP) is 1.22. The fourth-order valence-corrected chi connectivity index (χ4v) is 2.93. The maximum absolute atomic E-state index is 11.8. The van der Waals surface area contributed by atoms with E-state index < -0.39 is 15.9 Å². The number of primary sulfonamides is 1. The van der Waals surface area contributed by atoms with Crippen molar-refractivity contribution in [1.82, 2.24) is 5.32 Å². The van der Waals surface area contributed by atoms with Crippen LogP contribution in [-0.2, 0) is 10.0 Å². The van der Waals surface area contributed by atoms with Crippen molar-refractivity contribution >= 4 is 31.9 Å². The lowest BCUT2D eigenvalue weighted by Crippen LogP contribution is -2.28. The van der Waals surface area contributed by atoms with E-state index in [4.69, 9.17) is 9.56 Å². The first-order valence-corrected chi connectivity index (χ1v) is 7.66. The highest BCUT2D eigenvalue weighted by Gasteiger charge is 2.37. The molecular formula is C10H13BrN2O4S. The van der Waals surface area contributed by atoms with Crippen LogP contribution in [0.3, 0.4) is 0 Å². The average molecular weight is 337 g/mol. The number of sulfonamides is 1. The highest BCUT2D eigenvalue weighted by Crippen LogP contribution is 2.44. The van der Waals surface area contributed by atoms with Gasteiger partial charge in [-0.15, -0.1) is 0 Å². The lowest BCUT2D eigenvalue weighted by Gasteiger charge is -2.08. The Labute approximate surface area is 113 Å². The van der Waals surface area contributed by atoms with Crippen LogP contribution < -0.4 is 10.5 Å². The summed E-state index contributed by atoms with van der Waals surface area (Å²) in [6, 6.07) is 1.12. The van der Waals surface area contributed by atoms with Crippen LogP contribution in [-0.4, -0.2) is 20.9 Å². The van der Waals surface area contributed by atoms with Gasteiger partial charge in [-0.25, -0.2) is 13.6 Å². The van der Waals surface area contributed by atoms with Gasteiger partial charge in [-0.2, -0.15) is 0 Å². The van der Waals surface area contributed by atoms with E-state index in [1.54, 1.807) is 0 Å². The van der Waals surface area contributed by atoms with Crippen molar-refractivity contribution in [2.45, 2.75) is 24.7 Å². The predicted molar refractivity (Wildman–Crippen MR) is 67.5 cm³/mol. The summed E-state index contributed by atoms with van der Waals surface area (Å²) in [6.45, 7) is 2.62. The van der Waals surface area contributed by atoms with Gasteiger partial charge in [0.2, 0.25) is 10.0 Å². The molecule has 0 unspecified atom stereocenters. The maximum atomic E-state index is 11.8. The standard InChI is InChI=1S/C10H13BrN2O4S/c1-10(2-3-10)5-13-9(14)6-4-7(8(11)17-6)18(12,15)16/h4H,2-3,5H2,1H3,(H,13,14)(H2,12,15,16). The van der Waals surface area contributed by atoms with Gasteiger partial charge in [-0.3, -0.25) is 4.79 Å². The van der Waals surface area contributed by atoms with E-state index in [0.717, 1.165) is 18.9 Å². The Morgan fingerprint density at radius 3 is 2.67 bits per heavy atom. The van der Waals surface area contributed by atoms with Crippen LogP contribution in [0, 0.1) is 5.41 Å². The van der Waals surface area contributed by atoms with Crippen LogP contribution in [0.4, 0.5) is 0 Å². The first kappa shape index (κ1) is 13.6. The van der Waals surface area contributed by atoms with Gasteiger partial charge >= 0.3 is 0 Å². The molecule has 1 saturated carbocycles. The molecule has 0 bridgehead atoms. The summed E-state index contributed by atoms with van der Waals surface area (Å²) < 4.78 is 27.3. The number of carbonyl (C=O) groups is 1. The van der Waals surface area contributed by atoms with Gasteiger partial charge in [0.25, 0.3) is 5.91 Å². The lowest BCUT2D eigenvalue weighted by molar-refractivity contribution is 0.0917. The van der Waals surface area contributed by atoms with Crippen molar-refractivity contribution in [2.75, 3.05) is 6.54 Å². The fourth-order valence-electron chi connectivity index (χ4n) is 1.43. The molecule has 0 aliphatic heterocycles. The van der Waals surface area contributed by atoms with Gasteiger partial charge in [0.05, 0.1) is 0 Å². The molecular weight excluding hydrogens is 324 g/mol. The number of nitrogens with one attached hydrogen (secondary N) is 1. The van der Waals surface area contributed by atoms with Crippen molar-refractivity contribution in [3.63, 3.8) is 0 Å². The van der Waals surface area contributed by atoms with Gasteiger partial charge < -0.3 is 9.73 Å². The zero-order chi connectivity index (χ0) is 13.6. The van der Waals surface area contributed by atoms with Crippen LogP contribution >= 0.6 is 15.9 Å². The van der Waals surface area contributed by atoms with Gasteiger partial charge in [0, 0.05) is 12.6 Å². The molecule has 8 heteroatoms. The smallest absolute Gasteiger partial charge is 0.287 e. The van der Waals surface area contributed by atoms with Crippen molar-refractivity contribution < 1.29 is 17.6 Å². The Bertz CT molecular complexity index is 589. The molecule has 0 radical (unpaired) electrons. The Morgan fingerprint density at radius 2 is 2.22 bits per heavy atom. The number of nitrogens with two attached hydrogens (primary N) is 1. The number of hydrogen-bond donors (Lipinski definition) is 2. The number of hydrogen-bond acceptors (Lipinski definition) is 4. The number of rotatable bonds is 4. The number of carbonyl (C=O) groups excluding carboxylic acids is 1. The minimum Gasteiger partial charge on any atom is -0.443 e. The summed E-state index contributed by atoms with van der Waals surface area (Å²) in [6.07, 6.45) is 2.16. The molecule has 0 aromatic carbocycles. The Kier molecular flexibility index (Phi) is 3.28. The summed E-state index contributed by atoms with van der Waals surface area (Å²) in [5.41, 5.74) is 0.169. The fraction of sp³-hybridized carbons (Fsp3) is 0.500. The van der Waals surface area contributed by atoms with E-state index in [1.807, 2.05) is 0 Å². The quantitative estimate of drug-likeness (QED) is 0.862. The second-order valence-electron chi connectivity index (χ2n) is 4.79. The minimum absolute atomic E-state index is 0.0622. The number of amides is 1. The summed E-state index contributed by atoms with van der Waals surface area (Å²) in [7, 11) is -3.90. The molecule has 6 nitrogen and oxygen atoms in total. The Balaban J connectivity index is 2.11. The molecule has 1 fully saturated rings. The molecule has 1 aromatic rings. The Morgan fingerprint density at radius 1 is 1.61 bits per heavy atom. The monoisotopic (exact) mass is 336 g/mol. The van der Waals surface area contributed by atoms with Crippen LogP contribution in [0.25, 0.3) is 0 Å².